The quantitative estimate of drug-likeness (QED) is 0.709. The fourth-order valence-corrected chi connectivity index (χ4v) is 2.61. The number of ether oxygens (including phenoxy) is 2. The second kappa shape index (κ2) is 7.55. The molecule has 0 atom stereocenters. The van der Waals surface area contributed by atoms with Gasteiger partial charge in [-0.15, -0.1) is 0 Å². The molecular weight excluding hydrogens is 308 g/mol. The molecule has 24 heavy (non-hydrogen) atoms. The molecule has 2 N–H and O–H groups in total. The van der Waals surface area contributed by atoms with E-state index in [1.165, 1.54) is 0 Å². The van der Waals surface area contributed by atoms with Crippen molar-refractivity contribution in [1.82, 2.24) is 10.6 Å². The van der Waals surface area contributed by atoms with E-state index in [0.29, 0.717) is 37.3 Å². The van der Waals surface area contributed by atoms with Crippen molar-refractivity contribution in [2.45, 2.75) is 39.2 Å². The Bertz CT molecular complexity index is 609. The highest BCUT2D eigenvalue weighted by Gasteiger charge is 2.56. The molecule has 6 heteroatoms. The lowest BCUT2D eigenvalue weighted by Gasteiger charge is -2.17. The van der Waals surface area contributed by atoms with Crippen molar-refractivity contribution in [3.8, 4) is 11.5 Å². The molecule has 0 bridgehead atoms. The minimum Gasteiger partial charge on any atom is -0.493 e. The molecule has 6 nitrogen and oxygen atoms in total. The van der Waals surface area contributed by atoms with Gasteiger partial charge >= 0.3 is 0 Å². The van der Waals surface area contributed by atoms with Crippen LogP contribution in [0, 0.1) is 5.41 Å². The highest BCUT2D eigenvalue weighted by Crippen LogP contribution is 2.46. The largest absolute Gasteiger partial charge is 0.493 e. The molecule has 1 fully saturated rings. The number of carbonyl (C=O) groups is 2. The highest BCUT2D eigenvalue weighted by molar-refractivity contribution is 6.07. The predicted octanol–water partition coefficient (Wildman–Crippen LogP) is 1.67. The summed E-state index contributed by atoms with van der Waals surface area (Å²) in [6.07, 6.45) is 1.90. The Balaban J connectivity index is 1.88. The summed E-state index contributed by atoms with van der Waals surface area (Å²) in [7, 11) is 3.18. The summed E-state index contributed by atoms with van der Waals surface area (Å²) in [5, 5.41) is 5.71. The van der Waals surface area contributed by atoms with Gasteiger partial charge in [-0.3, -0.25) is 9.59 Å². The second-order valence-corrected chi connectivity index (χ2v) is 6.41. The molecule has 0 aliphatic heterocycles. The zero-order valence-corrected chi connectivity index (χ0v) is 14.8. The van der Waals surface area contributed by atoms with E-state index >= 15 is 0 Å². The smallest absolute Gasteiger partial charge is 0.235 e. The second-order valence-electron chi connectivity index (χ2n) is 6.41. The Morgan fingerprint density at radius 3 is 2.33 bits per heavy atom. The van der Waals surface area contributed by atoms with Crippen LogP contribution in [-0.2, 0) is 16.0 Å². The van der Waals surface area contributed by atoms with Gasteiger partial charge in [-0.05, 0) is 50.8 Å². The van der Waals surface area contributed by atoms with E-state index < -0.39 is 5.41 Å². The van der Waals surface area contributed by atoms with Crippen molar-refractivity contribution in [2.24, 2.45) is 5.41 Å². The Hall–Kier alpha value is -2.24. The number of hydrogen-bond donors (Lipinski definition) is 2. The topological polar surface area (TPSA) is 76.7 Å². The Morgan fingerprint density at radius 1 is 1.12 bits per heavy atom. The van der Waals surface area contributed by atoms with Crippen molar-refractivity contribution in [3.63, 3.8) is 0 Å². The maximum atomic E-state index is 12.3. The maximum absolute atomic E-state index is 12.3. The van der Waals surface area contributed by atoms with Crippen molar-refractivity contribution in [3.05, 3.63) is 23.8 Å². The van der Waals surface area contributed by atoms with Gasteiger partial charge in [0.25, 0.3) is 0 Å². The van der Waals surface area contributed by atoms with Crippen LogP contribution in [0.5, 0.6) is 11.5 Å². The summed E-state index contributed by atoms with van der Waals surface area (Å²) in [5.41, 5.74) is 0.173. The number of benzene rings is 1. The lowest BCUT2D eigenvalue weighted by molar-refractivity contribution is -0.137. The molecule has 132 valence electrons. The van der Waals surface area contributed by atoms with Crippen LogP contribution in [0.2, 0.25) is 0 Å². The number of hydrogen-bond acceptors (Lipinski definition) is 4. The van der Waals surface area contributed by atoms with Gasteiger partial charge in [-0.1, -0.05) is 6.07 Å². The number of methoxy groups -OCH3 is 2. The van der Waals surface area contributed by atoms with Crippen molar-refractivity contribution >= 4 is 11.8 Å². The number of carbonyl (C=O) groups excluding carboxylic acids is 2. The van der Waals surface area contributed by atoms with Crippen LogP contribution in [0.25, 0.3) is 0 Å². The molecule has 0 spiro atoms. The molecule has 0 aromatic heterocycles. The molecule has 0 saturated heterocycles. The lowest BCUT2D eigenvalue weighted by Crippen LogP contribution is -2.45. The molecule has 2 rings (SSSR count). The summed E-state index contributed by atoms with van der Waals surface area (Å²) < 4.78 is 10.5. The minimum atomic E-state index is -0.859. The van der Waals surface area contributed by atoms with E-state index in [9.17, 15) is 9.59 Å². The molecule has 0 radical (unpaired) electrons. The van der Waals surface area contributed by atoms with E-state index in [2.05, 4.69) is 10.6 Å². The van der Waals surface area contributed by atoms with Gasteiger partial charge in [0.2, 0.25) is 11.8 Å². The van der Waals surface area contributed by atoms with Gasteiger partial charge in [-0.2, -0.15) is 0 Å². The van der Waals surface area contributed by atoms with Crippen molar-refractivity contribution in [2.75, 3.05) is 20.8 Å². The van der Waals surface area contributed by atoms with E-state index in [4.69, 9.17) is 9.47 Å². The summed E-state index contributed by atoms with van der Waals surface area (Å²) in [4.78, 5) is 24.5. The van der Waals surface area contributed by atoms with E-state index in [-0.39, 0.29) is 17.9 Å². The Morgan fingerprint density at radius 2 is 1.79 bits per heavy atom. The molecule has 1 aromatic carbocycles. The van der Waals surface area contributed by atoms with Gasteiger partial charge in [0.1, 0.15) is 5.41 Å². The monoisotopic (exact) mass is 334 g/mol. The predicted molar refractivity (Wildman–Crippen MR) is 91.2 cm³/mol. The Kier molecular flexibility index (Phi) is 5.70. The van der Waals surface area contributed by atoms with Crippen molar-refractivity contribution in [1.29, 1.82) is 0 Å². The van der Waals surface area contributed by atoms with Gasteiger partial charge in [0.15, 0.2) is 11.5 Å². The van der Waals surface area contributed by atoms with Crippen LogP contribution in [0.1, 0.15) is 32.3 Å². The van der Waals surface area contributed by atoms with Crippen LogP contribution in [0.4, 0.5) is 0 Å². The van der Waals surface area contributed by atoms with E-state index in [0.717, 1.165) is 5.56 Å². The summed E-state index contributed by atoms with van der Waals surface area (Å²) >= 11 is 0. The molecule has 1 aliphatic rings. The average Bonchev–Trinajstić information content (AvgIpc) is 3.35. The molecule has 0 heterocycles. The van der Waals surface area contributed by atoms with Crippen LogP contribution < -0.4 is 20.1 Å². The lowest BCUT2D eigenvalue weighted by atomic mass is 10.0. The average molecular weight is 334 g/mol. The van der Waals surface area contributed by atoms with Crippen LogP contribution in [0.3, 0.4) is 0 Å². The molecule has 2 amide bonds. The molecule has 1 saturated carbocycles. The molecule has 1 aromatic rings. The van der Waals surface area contributed by atoms with E-state index in [1.807, 2.05) is 32.0 Å². The van der Waals surface area contributed by atoms with E-state index in [1.54, 1.807) is 14.2 Å². The van der Waals surface area contributed by atoms with Gasteiger partial charge in [-0.25, -0.2) is 0 Å². The number of rotatable bonds is 8. The van der Waals surface area contributed by atoms with Crippen molar-refractivity contribution < 1.29 is 19.1 Å². The van der Waals surface area contributed by atoms with Crippen LogP contribution >= 0.6 is 0 Å². The summed E-state index contributed by atoms with van der Waals surface area (Å²) in [5.74, 6) is 0.992. The summed E-state index contributed by atoms with van der Waals surface area (Å²) in [6.45, 7) is 4.26. The first-order valence-electron chi connectivity index (χ1n) is 8.23. The van der Waals surface area contributed by atoms with Crippen LogP contribution in [-0.4, -0.2) is 38.6 Å². The third-order valence-electron chi connectivity index (χ3n) is 4.19. The third-order valence-corrected chi connectivity index (χ3v) is 4.19. The number of amides is 2. The van der Waals surface area contributed by atoms with Crippen LogP contribution in [0.15, 0.2) is 18.2 Å². The first-order chi connectivity index (χ1) is 11.4. The fraction of sp³-hybridized carbons (Fsp3) is 0.556. The fourth-order valence-electron chi connectivity index (χ4n) is 2.61. The zero-order chi connectivity index (χ0) is 17.7. The number of nitrogens with one attached hydrogen (secondary N) is 2. The van der Waals surface area contributed by atoms with Gasteiger partial charge < -0.3 is 20.1 Å². The molecular formula is C18H26N2O4. The third kappa shape index (κ3) is 3.99. The molecule has 0 unspecified atom stereocenters. The maximum Gasteiger partial charge on any atom is 0.235 e. The Labute approximate surface area is 142 Å². The molecule has 1 aliphatic carbocycles. The normalized spacial score (nSPS) is 14.9. The SMILES string of the molecule is COc1ccc(CCNC(=O)C2(C(=O)NC(C)C)CC2)cc1OC. The van der Waals surface area contributed by atoms with Gasteiger partial charge in [0, 0.05) is 12.6 Å². The minimum absolute atomic E-state index is 0.0366. The highest BCUT2D eigenvalue weighted by atomic mass is 16.5. The summed E-state index contributed by atoms with van der Waals surface area (Å²) in [6, 6.07) is 5.71. The first-order valence-corrected chi connectivity index (χ1v) is 8.23. The zero-order valence-electron chi connectivity index (χ0n) is 14.8. The van der Waals surface area contributed by atoms with Gasteiger partial charge in [0.05, 0.1) is 14.2 Å². The standard InChI is InChI=1S/C18H26N2O4/c1-12(2)20-17(22)18(8-9-18)16(21)19-10-7-13-5-6-14(23-3)15(11-13)24-4/h5-6,11-12H,7-10H2,1-4H3,(H,19,21)(H,20,22). The first kappa shape index (κ1) is 18.1.